The molecule has 3 rings (SSSR count). The molecule has 0 aliphatic rings. The van der Waals surface area contributed by atoms with Crippen molar-refractivity contribution in [3.63, 3.8) is 0 Å². The molecule has 1 heterocycles. The number of para-hydroxylation sites is 1. The zero-order valence-corrected chi connectivity index (χ0v) is 12.6. The van der Waals surface area contributed by atoms with Gasteiger partial charge in [0, 0.05) is 11.1 Å². The number of nitrogens with zero attached hydrogens (tertiary/aromatic N) is 2. The van der Waals surface area contributed by atoms with Gasteiger partial charge in [-0.05, 0) is 44.0 Å². The maximum absolute atomic E-state index is 6.26. The molecule has 3 heteroatoms. The minimum atomic E-state index is 0.692. The van der Waals surface area contributed by atoms with Crippen LogP contribution < -0.4 is 5.73 Å². The standard InChI is InChI=1S/C18H19N3/c1-12-8-7-11-16(13(12)2)17-14(3)18(19)21(20-17)15-9-5-4-6-10-15/h4-11H,19H2,1-3H3. The smallest absolute Gasteiger partial charge is 0.130 e. The third kappa shape index (κ3) is 2.21. The zero-order chi connectivity index (χ0) is 15.0. The fraction of sp³-hybridized carbons (Fsp3) is 0.167. The monoisotopic (exact) mass is 277 g/mol. The van der Waals surface area contributed by atoms with Gasteiger partial charge in [-0.2, -0.15) is 5.10 Å². The minimum Gasteiger partial charge on any atom is -0.383 e. The van der Waals surface area contributed by atoms with E-state index in [4.69, 9.17) is 10.8 Å². The zero-order valence-electron chi connectivity index (χ0n) is 12.6. The largest absolute Gasteiger partial charge is 0.383 e. The van der Waals surface area contributed by atoms with Gasteiger partial charge >= 0.3 is 0 Å². The normalized spacial score (nSPS) is 10.8. The lowest BCUT2D eigenvalue weighted by Crippen LogP contribution is -2.01. The summed E-state index contributed by atoms with van der Waals surface area (Å²) in [7, 11) is 0. The molecule has 0 radical (unpaired) electrons. The Kier molecular flexibility index (Phi) is 3.26. The van der Waals surface area contributed by atoms with Crippen LogP contribution in [0.15, 0.2) is 48.5 Å². The number of hydrogen-bond acceptors (Lipinski definition) is 2. The average Bonchev–Trinajstić information content (AvgIpc) is 2.79. The van der Waals surface area contributed by atoms with Crippen molar-refractivity contribution >= 4 is 5.82 Å². The summed E-state index contributed by atoms with van der Waals surface area (Å²) in [4.78, 5) is 0. The predicted molar refractivity (Wildman–Crippen MR) is 87.6 cm³/mol. The fourth-order valence-electron chi connectivity index (χ4n) is 2.54. The molecule has 2 aromatic carbocycles. The van der Waals surface area contributed by atoms with Crippen LogP contribution in [0, 0.1) is 20.8 Å². The van der Waals surface area contributed by atoms with Gasteiger partial charge in [-0.1, -0.05) is 36.4 Å². The quantitative estimate of drug-likeness (QED) is 0.768. The Balaban J connectivity index is 2.20. The Hall–Kier alpha value is -2.55. The van der Waals surface area contributed by atoms with Crippen LogP contribution in [-0.4, -0.2) is 9.78 Å². The van der Waals surface area contributed by atoms with Crippen LogP contribution in [0.25, 0.3) is 16.9 Å². The Labute approximate surface area is 125 Å². The number of anilines is 1. The van der Waals surface area contributed by atoms with Gasteiger partial charge < -0.3 is 5.73 Å². The summed E-state index contributed by atoms with van der Waals surface area (Å²) in [6.45, 7) is 6.27. The molecule has 0 saturated carbocycles. The second-order valence-corrected chi connectivity index (χ2v) is 5.35. The first-order chi connectivity index (χ1) is 10.1. The Morgan fingerprint density at radius 3 is 2.29 bits per heavy atom. The van der Waals surface area contributed by atoms with E-state index in [1.54, 1.807) is 0 Å². The number of hydrogen-bond donors (Lipinski definition) is 1. The SMILES string of the molecule is Cc1cccc(-c2nn(-c3ccccc3)c(N)c2C)c1C. The van der Waals surface area contributed by atoms with E-state index in [2.05, 4.69) is 32.0 Å². The van der Waals surface area contributed by atoms with Gasteiger partial charge in [-0.15, -0.1) is 0 Å². The van der Waals surface area contributed by atoms with Gasteiger partial charge in [-0.3, -0.25) is 0 Å². The molecule has 1 aromatic heterocycles. The summed E-state index contributed by atoms with van der Waals surface area (Å²) in [6, 6.07) is 16.3. The Bertz CT molecular complexity index is 786. The van der Waals surface area contributed by atoms with Gasteiger partial charge in [0.2, 0.25) is 0 Å². The summed E-state index contributed by atoms with van der Waals surface area (Å²) < 4.78 is 1.81. The number of aryl methyl sites for hydroxylation is 1. The number of benzene rings is 2. The van der Waals surface area contributed by atoms with E-state index >= 15 is 0 Å². The van der Waals surface area contributed by atoms with Crippen molar-refractivity contribution < 1.29 is 0 Å². The molecule has 0 amide bonds. The number of rotatable bonds is 2. The highest BCUT2D eigenvalue weighted by molar-refractivity contribution is 5.72. The summed E-state index contributed by atoms with van der Waals surface area (Å²) in [5.74, 6) is 0.692. The van der Waals surface area contributed by atoms with Gasteiger partial charge in [0.25, 0.3) is 0 Å². The molecular formula is C18H19N3. The van der Waals surface area contributed by atoms with Crippen molar-refractivity contribution in [2.75, 3.05) is 5.73 Å². The highest BCUT2D eigenvalue weighted by Gasteiger charge is 2.16. The lowest BCUT2D eigenvalue weighted by atomic mass is 9.99. The molecule has 3 aromatic rings. The number of nitrogens with two attached hydrogens (primary N) is 1. The van der Waals surface area contributed by atoms with Crippen LogP contribution in [0.2, 0.25) is 0 Å². The average molecular weight is 277 g/mol. The minimum absolute atomic E-state index is 0.692. The van der Waals surface area contributed by atoms with Crippen LogP contribution in [0.4, 0.5) is 5.82 Å². The second kappa shape index (κ2) is 5.09. The molecule has 0 unspecified atom stereocenters. The van der Waals surface area contributed by atoms with Gasteiger partial charge in [0.15, 0.2) is 0 Å². The number of aromatic nitrogens is 2. The van der Waals surface area contributed by atoms with Crippen molar-refractivity contribution in [1.29, 1.82) is 0 Å². The molecular weight excluding hydrogens is 258 g/mol. The highest BCUT2D eigenvalue weighted by atomic mass is 15.3. The van der Waals surface area contributed by atoms with Gasteiger partial charge in [-0.25, -0.2) is 4.68 Å². The van der Waals surface area contributed by atoms with Crippen LogP contribution in [-0.2, 0) is 0 Å². The van der Waals surface area contributed by atoms with Crippen molar-refractivity contribution in [1.82, 2.24) is 9.78 Å². The van der Waals surface area contributed by atoms with Crippen molar-refractivity contribution in [2.45, 2.75) is 20.8 Å². The first kappa shape index (κ1) is 13.4. The lowest BCUT2D eigenvalue weighted by Gasteiger charge is -2.06. The first-order valence-electron chi connectivity index (χ1n) is 7.06. The van der Waals surface area contributed by atoms with E-state index in [0.717, 1.165) is 22.5 Å². The van der Waals surface area contributed by atoms with E-state index in [0.29, 0.717) is 5.82 Å². The Morgan fingerprint density at radius 2 is 1.57 bits per heavy atom. The molecule has 21 heavy (non-hydrogen) atoms. The van der Waals surface area contributed by atoms with Crippen LogP contribution in [0.5, 0.6) is 0 Å². The maximum Gasteiger partial charge on any atom is 0.130 e. The summed E-state index contributed by atoms with van der Waals surface area (Å²) in [5, 5.41) is 4.74. The van der Waals surface area contributed by atoms with E-state index in [1.807, 2.05) is 41.9 Å². The summed E-state index contributed by atoms with van der Waals surface area (Å²) in [6.07, 6.45) is 0. The molecule has 0 fully saturated rings. The van der Waals surface area contributed by atoms with Crippen molar-refractivity contribution in [3.05, 3.63) is 65.2 Å². The lowest BCUT2D eigenvalue weighted by molar-refractivity contribution is 0.894. The van der Waals surface area contributed by atoms with E-state index in [1.165, 1.54) is 11.1 Å². The molecule has 0 saturated heterocycles. The van der Waals surface area contributed by atoms with Crippen LogP contribution in [0.3, 0.4) is 0 Å². The van der Waals surface area contributed by atoms with Crippen molar-refractivity contribution in [3.8, 4) is 16.9 Å². The molecule has 0 bridgehead atoms. The predicted octanol–water partition coefficient (Wildman–Crippen LogP) is 4.05. The van der Waals surface area contributed by atoms with Crippen LogP contribution in [0.1, 0.15) is 16.7 Å². The second-order valence-electron chi connectivity index (χ2n) is 5.35. The highest BCUT2D eigenvalue weighted by Crippen LogP contribution is 2.31. The molecule has 106 valence electrons. The van der Waals surface area contributed by atoms with Gasteiger partial charge in [0.1, 0.15) is 5.82 Å². The van der Waals surface area contributed by atoms with Crippen molar-refractivity contribution in [2.24, 2.45) is 0 Å². The summed E-state index contributed by atoms with van der Waals surface area (Å²) >= 11 is 0. The third-order valence-corrected chi connectivity index (χ3v) is 4.03. The first-order valence-corrected chi connectivity index (χ1v) is 7.06. The molecule has 2 N–H and O–H groups in total. The number of nitrogen functional groups attached to an aromatic ring is 1. The van der Waals surface area contributed by atoms with E-state index in [9.17, 15) is 0 Å². The third-order valence-electron chi connectivity index (χ3n) is 4.03. The fourth-order valence-corrected chi connectivity index (χ4v) is 2.54. The molecule has 0 spiro atoms. The topological polar surface area (TPSA) is 43.8 Å². The Morgan fingerprint density at radius 1 is 0.857 bits per heavy atom. The summed E-state index contributed by atoms with van der Waals surface area (Å²) in [5.41, 5.74) is 12.9. The molecule has 0 atom stereocenters. The molecule has 3 nitrogen and oxygen atoms in total. The maximum atomic E-state index is 6.26. The van der Waals surface area contributed by atoms with E-state index < -0.39 is 0 Å². The molecule has 0 aliphatic heterocycles. The van der Waals surface area contributed by atoms with Crippen LogP contribution >= 0.6 is 0 Å². The van der Waals surface area contributed by atoms with Gasteiger partial charge in [0.05, 0.1) is 11.4 Å². The molecule has 0 aliphatic carbocycles. The van der Waals surface area contributed by atoms with E-state index in [-0.39, 0.29) is 0 Å².